The molecule has 2 aromatic rings. The number of halogens is 1. The van der Waals surface area contributed by atoms with Crippen LogP contribution in [0.15, 0.2) is 27.4 Å². The zero-order valence-electron chi connectivity index (χ0n) is 11.6. The maximum Gasteiger partial charge on any atom is 0.208 e. The molecule has 0 spiro atoms. The Morgan fingerprint density at radius 2 is 2.15 bits per heavy atom. The fourth-order valence-corrected chi connectivity index (χ4v) is 3.51. The van der Waals surface area contributed by atoms with Gasteiger partial charge in [0, 0.05) is 25.0 Å². The molecule has 0 saturated carbocycles. The fourth-order valence-electron chi connectivity index (χ4n) is 1.67. The Morgan fingerprint density at radius 3 is 2.75 bits per heavy atom. The van der Waals surface area contributed by atoms with E-state index in [1.165, 1.54) is 29.2 Å². The lowest BCUT2D eigenvalue weighted by Crippen LogP contribution is -2.18. The van der Waals surface area contributed by atoms with Gasteiger partial charge in [-0.2, -0.15) is 0 Å². The lowest BCUT2D eigenvalue weighted by molar-refractivity contribution is 0.620. The molecule has 1 atom stereocenters. The van der Waals surface area contributed by atoms with Gasteiger partial charge in [-0.3, -0.25) is 0 Å². The van der Waals surface area contributed by atoms with Crippen LogP contribution < -0.4 is 10.6 Å². The summed E-state index contributed by atoms with van der Waals surface area (Å²) in [5, 5.41) is 9.09. The van der Waals surface area contributed by atoms with Crippen LogP contribution in [0.3, 0.4) is 0 Å². The standard InChI is InChI=1S/C13H17FN4S2/c1-8(15)6-9-7-10(14)4-5-11(9)19-13-17-16-12(20-13)18(2)3/h4-5,7-8H,6,15H2,1-3H3. The molecule has 2 N–H and O–H groups in total. The van der Waals surface area contributed by atoms with Crippen molar-refractivity contribution in [2.45, 2.75) is 28.6 Å². The molecule has 1 unspecified atom stereocenters. The van der Waals surface area contributed by atoms with Gasteiger partial charge in [-0.15, -0.1) is 10.2 Å². The summed E-state index contributed by atoms with van der Waals surface area (Å²) in [6.07, 6.45) is 0.638. The van der Waals surface area contributed by atoms with Crippen LogP contribution in [0, 0.1) is 5.82 Å². The summed E-state index contributed by atoms with van der Waals surface area (Å²) >= 11 is 3.01. The summed E-state index contributed by atoms with van der Waals surface area (Å²) in [7, 11) is 3.85. The van der Waals surface area contributed by atoms with Gasteiger partial charge in [0.25, 0.3) is 0 Å². The van der Waals surface area contributed by atoms with Gasteiger partial charge in [-0.1, -0.05) is 23.1 Å². The summed E-state index contributed by atoms with van der Waals surface area (Å²) in [5.41, 5.74) is 6.73. The predicted octanol–water partition coefficient (Wildman–Crippen LogP) is 2.78. The highest BCUT2D eigenvalue weighted by Gasteiger charge is 2.12. The summed E-state index contributed by atoms with van der Waals surface area (Å²) in [6.45, 7) is 1.91. The van der Waals surface area contributed by atoms with Crippen LogP contribution in [-0.4, -0.2) is 30.3 Å². The fraction of sp³-hybridized carbons (Fsp3) is 0.385. The van der Waals surface area contributed by atoms with Crippen LogP contribution in [0.4, 0.5) is 9.52 Å². The van der Waals surface area contributed by atoms with Crippen molar-refractivity contribution >= 4 is 28.2 Å². The molecule has 2 rings (SSSR count). The Labute approximate surface area is 126 Å². The van der Waals surface area contributed by atoms with Crippen molar-refractivity contribution in [1.29, 1.82) is 0 Å². The van der Waals surface area contributed by atoms with Crippen molar-refractivity contribution in [3.05, 3.63) is 29.6 Å². The van der Waals surface area contributed by atoms with E-state index in [4.69, 9.17) is 5.73 Å². The first-order valence-electron chi connectivity index (χ1n) is 6.18. The normalized spacial score (nSPS) is 12.4. The molecule has 108 valence electrons. The lowest BCUT2D eigenvalue weighted by Gasteiger charge is -2.10. The molecular formula is C13H17FN4S2. The maximum atomic E-state index is 13.4. The Morgan fingerprint density at radius 1 is 1.40 bits per heavy atom. The quantitative estimate of drug-likeness (QED) is 0.920. The minimum Gasteiger partial charge on any atom is -0.353 e. The van der Waals surface area contributed by atoms with Crippen LogP contribution in [0.25, 0.3) is 0 Å². The zero-order valence-corrected chi connectivity index (χ0v) is 13.3. The van der Waals surface area contributed by atoms with Gasteiger partial charge in [-0.25, -0.2) is 4.39 Å². The van der Waals surface area contributed by atoms with E-state index in [1.54, 1.807) is 12.1 Å². The largest absolute Gasteiger partial charge is 0.353 e. The molecule has 0 aliphatic heterocycles. The van der Waals surface area contributed by atoms with Gasteiger partial charge in [0.15, 0.2) is 4.34 Å². The molecule has 0 aliphatic carbocycles. The highest BCUT2D eigenvalue weighted by molar-refractivity contribution is 8.01. The summed E-state index contributed by atoms with van der Waals surface area (Å²) in [4.78, 5) is 2.89. The van der Waals surface area contributed by atoms with E-state index in [0.717, 1.165) is 19.9 Å². The van der Waals surface area contributed by atoms with Crippen molar-refractivity contribution in [3.8, 4) is 0 Å². The van der Waals surface area contributed by atoms with Gasteiger partial charge in [0.2, 0.25) is 5.13 Å². The van der Waals surface area contributed by atoms with E-state index < -0.39 is 0 Å². The minimum atomic E-state index is -0.240. The maximum absolute atomic E-state index is 13.4. The van der Waals surface area contributed by atoms with Gasteiger partial charge in [0.05, 0.1) is 0 Å². The highest BCUT2D eigenvalue weighted by Crippen LogP contribution is 2.35. The van der Waals surface area contributed by atoms with Crippen LogP contribution in [0.2, 0.25) is 0 Å². The SMILES string of the molecule is CC(N)Cc1cc(F)ccc1Sc1nnc(N(C)C)s1. The van der Waals surface area contributed by atoms with Gasteiger partial charge >= 0.3 is 0 Å². The second kappa shape index (κ2) is 6.51. The third-order valence-electron chi connectivity index (χ3n) is 2.54. The van der Waals surface area contributed by atoms with Crippen molar-refractivity contribution in [3.63, 3.8) is 0 Å². The molecule has 7 heteroatoms. The Balaban J connectivity index is 2.23. The molecule has 1 heterocycles. The Kier molecular flexibility index (Phi) is 4.95. The number of nitrogens with zero attached hydrogens (tertiary/aromatic N) is 3. The first kappa shape index (κ1) is 15.2. The summed E-state index contributed by atoms with van der Waals surface area (Å²) in [6, 6.07) is 4.76. The lowest BCUT2D eigenvalue weighted by atomic mass is 10.1. The van der Waals surface area contributed by atoms with Crippen molar-refractivity contribution in [2.75, 3.05) is 19.0 Å². The molecule has 0 amide bonds. The molecule has 0 saturated heterocycles. The number of nitrogens with two attached hydrogens (primary N) is 1. The Bertz CT molecular complexity index is 584. The number of benzene rings is 1. The number of hydrogen-bond acceptors (Lipinski definition) is 6. The second-order valence-electron chi connectivity index (χ2n) is 4.78. The van der Waals surface area contributed by atoms with E-state index in [2.05, 4.69) is 10.2 Å². The molecule has 1 aromatic carbocycles. The third kappa shape index (κ3) is 3.91. The molecule has 4 nitrogen and oxygen atoms in total. The van der Waals surface area contributed by atoms with E-state index in [-0.39, 0.29) is 11.9 Å². The van der Waals surface area contributed by atoms with Crippen LogP contribution >= 0.6 is 23.1 Å². The minimum absolute atomic E-state index is 0.0112. The average molecular weight is 312 g/mol. The number of aromatic nitrogens is 2. The van der Waals surface area contributed by atoms with Crippen LogP contribution in [-0.2, 0) is 6.42 Å². The molecule has 20 heavy (non-hydrogen) atoms. The smallest absolute Gasteiger partial charge is 0.208 e. The van der Waals surface area contributed by atoms with Gasteiger partial charge in [0.1, 0.15) is 5.82 Å². The topological polar surface area (TPSA) is 55.0 Å². The molecule has 1 aromatic heterocycles. The van der Waals surface area contributed by atoms with Crippen molar-refractivity contribution < 1.29 is 4.39 Å². The highest BCUT2D eigenvalue weighted by atomic mass is 32.2. The summed E-state index contributed by atoms with van der Waals surface area (Å²) in [5.74, 6) is -0.240. The van der Waals surface area contributed by atoms with Crippen LogP contribution in [0.5, 0.6) is 0 Å². The molecule has 0 fully saturated rings. The zero-order chi connectivity index (χ0) is 14.7. The van der Waals surface area contributed by atoms with Gasteiger partial charge < -0.3 is 10.6 Å². The number of hydrogen-bond donors (Lipinski definition) is 1. The number of anilines is 1. The number of rotatable bonds is 5. The van der Waals surface area contributed by atoms with E-state index >= 15 is 0 Å². The predicted molar refractivity (Wildman–Crippen MR) is 82.1 cm³/mol. The van der Waals surface area contributed by atoms with Crippen molar-refractivity contribution in [1.82, 2.24) is 10.2 Å². The first-order chi connectivity index (χ1) is 9.45. The molecule has 0 radical (unpaired) electrons. The Hall–Kier alpha value is -1.18. The average Bonchev–Trinajstić information content (AvgIpc) is 2.80. The van der Waals surface area contributed by atoms with E-state index in [0.29, 0.717) is 6.42 Å². The second-order valence-corrected chi connectivity index (χ2v) is 7.03. The van der Waals surface area contributed by atoms with E-state index in [9.17, 15) is 4.39 Å². The summed E-state index contributed by atoms with van der Waals surface area (Å²) < 4.78 is 14.2. The molecular weight excluding hydrogens is 295 g/mol. The van der Waals surface area contributed by atoms with E-state index in [1.807, 2.05) is 25.9 Å². The molecule has 0 bridgehead atoms. The van der Waals surface area contributed by atoms with Crippen LogP contribution in [0.1, 0.15) is 12.5 Å². The third-order valence-corrected chi connectivity index (χ3v) is 4.80. The first-order valence-corrected chi connectivity index (χ1v) is 7.81. The molecule has 0 aliphatic rings. The van der Waals surface area contributed by atoms with Gasteiger partial charge in [-0.05, 0) is 37.1 Å². The van der Waals surface area contributed by atoms with Crippen molar-refractivity contribution in [2.24, 2.45) is 5.73 Å². The monoisotopic (exact) mass is 312 g/mol.